The second kappa shape index (κ2) is 6.39. The second-order valence-electron chi connectivity index (χ2n) is 5.07. The molecule has 0 bridgehead atoms. The van der Waals surface area contributed by atoms with E-state index in [1.165, 1.54) is 10.6 Å². The maximum Gasteiger partial charge on any atom is 0.250 e. The lowest BCUT2D eigenvalue weighted by Crippen LogP contribution is -2.34. The van der Waals surface area contributed by atoms with Gasteiger partial charge in [0.05, 0.1) is 11.1 Å². The van der Waals surface area contributed by atoms with Gasteiger partial charge in [-0.15, -0.1) is 11.6 Å². The second-order valence-corrected chi connectivity index (χ2v) is 5.63. The molecule has 6 heteroatoms. The lowest BCUT2D eigenvalue weighted by molar-refractivity contribution is -0.121. The molecule has 0 aliphatic heterocycles. The highest BCUT2D eigenvalue weighted by atomic mass is 35.5. The predicted molar refractivity (Wildman–Crippen MR) is 76.9 cm³/mol. The molecule has 1 aromatic rings. The first kappa shape index (κ1) is 15.0. The Morgan fingerprint density at radius 1 is 1.50 bits per heavy atom. The molecule has 20 heavy (non-hydrogen) atoms. The summed E-state index contributed by atoms with van der Waals surface area (Å²) in [5.41, 5.74) is 0.442. The third-order valence-electron chi connectivity index (χ3n) is 3.66. The van der Waals surface area contributed by atoms with Crippen molar-refractivity contribution >= 4 is 23.2 Å². The minimum atomic E-state index is -1.13. The lowest BCUT2D eigenvalue weighted by atomic mass is 9.87. The van der Waals surface area contributed by atoms with Crippen molar-refractivity contribution in [2.45, 2.75) is 44.3 Å². The Morgan fingerprint density at radius 3 is 2.90 bits per heavy atom. The van der Waals surface area contributed by atoms with Gasteiger partial charge in [0.25, 0.3) is 5.56 Å². The highest BCUT2D eigenvalue weighted by Gasteiger charge is 2.32. The third kappa shape index (κ3) is 3.39. The number of hydrogen-bond donors (Lipinski definition) is 1. The van der Waals surface area contributed by atoms with E-state index < -0.39 is 11.5 Å². The van der Waals surface area contributed by atoms with Gasteiger partial charge in [-0.2, -0.15) is 0 Å². The van der Waals surface area contributed by atoms with Crippen LogP contribution >= 0.6 is 11.6 Å². The van der Waals surface area contributed by atoms with E-state index in [0.717, 1.165) is 0 Å². The van der Waals surface area contributed by atoms with Crippen LogP contribution in [0.25, 0.3) is 0 Å². The molecule has 1 fully saturated rings. The number of nitrogens with one attached hydrogen (secondary N) is 1. The van der Waals surface area contributed by atoms with Crippen LogP contribution in [0.5, 0.6) is 0 Å². The Kier molecular flexibility index (Phi) is 4.81. The number of pyridine rings is 1. The van der Waals surface area contributed by atoms with E-state index in [0.29, 0.717) is 25.1 Å². The van der Waals surface area contributed by atoms with E-state index in [4.69, 9.17) is 11.6 Å². The van der Waals surface area contributed by atoms with Crippen molar-refractivity contribution < 1.29 is 9.18 Å². The molecule has 2 rings (SSSR count). The van der Waals surface area contributed by atoms with Crippen molar-refractivity contribution in [3.63, 3.8) is 0 Å². The van der Waals surface area contributed by atoms with Gasteiger partial charge < -0.3 is 9.88 Å². The summed E-state index contributed by atoms with van der Waals surface area (Å²) >= 11 is 5.81. The summed E-state index contributed by atoms with van der Waals surface area (Å²) in [5, 5.41) is 2.26. The summed E-state index contributed by atoms with van der Waals surface area (Å²) in [7, 11) is 0. The molecule has 1 aliphatic rings. The van der Waals surface area contributed by atoms with Gasteiger partial charge in [0.15, 0.2) is 0 Å². The van der Waals surface area contributed by atoms with Crippen LogP contribution in [-0.2, 0) is 11.3 Å². The minimum Gasteiger partial charge on any atom is -0.325 e. The van der Waals surface area contributed by atoms with Crippen molar-refractivity contribution in [1.29, 1.82) is 0 Å². The summed E-state index contributed by atoms with van der Waals surface area (Å²) in [5.74, 6) is -0.570. The molecule has 1 amide bonds. The third-order valence-corrected chi connectivity index (χ3v) is 4.15. The van der Waals surface area contributed by atoms with Crippen LogP contribution in [0.4, 0.5) is 10.1 Å². The van der Waals surface area contributed by atoms with E-state index in [2.05, 4.69) is 5.32 Å². The Hall–Kier alpha value is -1.36. The van der Waals surface area contributed by atoms with Crippen molar-refractivity contribution in [1.82, 2.24) is 4.57 Å². The predicted octanol–water partition coefficient (Wildman–Crippen LogP) is 2.55. The summed E-state index contributed by atoms with van der Waals surface area (Å²) < 4.78 is 15.0. The summed E-state index contributed by atoms with van der Waals surface area (Å²) in [6.07, 6.45) is 1.72. The number of aromatic nitrogens is 1. The Bertz CT molecular complexity index is 546. The number of rotatable bonds is 3. The number of alkyl halides is 2. The maximum absolute atomic E-state index is 13.5. The summed E-state index contributed by atoms with van der Waals surface area (Å²) in [4.78, 5) is 23.6. The Balaban J connectivity index is 2.03. The van der Waals surface area contributed by atoms with Crippen LogP contribution in [0.1, 0.15) is 26.2 Å². The smallest absolute Gasteiger partial charge is 0.250 e. The van der Waals surface area contributed by atoms with Crippen molar-refractivity contribution in [2.75, 3.05) is 5.32 Å². The zero-order chi connectivity index (χ0) is 14.7. The quantitative estimate of drug-likeness (QED) is 0.872. The first-order valence-electron chi connectivity index (χ1n) is 6.80. The Morgan fingerprint density at radius 2 is 2.25 bits per heavy atom. The SMILES string of the molecule is CCn1cc(NC(=O)C2CCC(Cl)C(F)C2)ccc1=O. The van der Waals surface area contributed by atoms with Gasteiger partial charge in [0.2, 0.25) is 5.91 Å². The number of anilines is 1. The molecule has 3 atom stereocenters. The summed E-state index contributed by atoms with van der Waals surface area (Å²) in [6.45, 7) is 2.38. The average molecular weight is 301 g/mol. The van der Waals surface area contributed by atoms with Gasteiger partial charge in [-0.05, 0) is 32.3 Å². The fourth-order valence-corrected chi connectivity index (χ4v) is 2.64. The number of nitrogens with zero attached hydrogens (tertiary/aromatic N) is 1. The van der Waals surface area contributed by atoms with Gasteiger partial charge in [0.1, 0.15) is 6.17 Å². The van der Waals surface area contributed by atoms with Crippen LogP contribution in [0, 0.1) is 5.92 Å². The molecule has 1 N–H and O–H groups in total. The molecule has 4 nitrogen and oxygen atoms in total. The normalized spacial score (nSPS) is 26.2. The van der Waals surface area contributed by atoms with Gasteiger partial charge in [0, 0.05) is 24.7 Å². The lowest BCUT2D eigenvalue weighted by Gasteiger charge is -2.27. The average Bonchev–Trinajstić information content (AvgIpc) is 2.43. The van der Waals surface area contributed by atoms with E-state index >= 15 is 0 Å². The molecule has 110 valence electrons. The number of amides is 1. The number of carbonyl (C=O) groups excluding carboxylic acids is 1. The zero-order valence-electron chi connectivity index (χ0n) is 11.3. The molecule has 0 spiro atoms. The molecular weight excluding hydrogens is 283 g/mol. The van der Waals surface area contributed by atoms with Crippen LogP contribution in [0.2, 0.25) is 0 Å². The van der Waals surface area contributed by atoms with E-state index in [-0.39, 0.29) is 23.8 Å². The van der Waals surface area contributed by atoms with Crippen molar-refractivity contribution in [2.24, 2.45) is 5.92 Å². The molecule has 0 saturated heterocycles. The van der Waals surface area contributed by atoms with Gasteiger partial charge in [-0.25, -0.2) is 4.39 Å². The van der Waals surface area contributed by atoms with Crippen LogP contribution in [-0.4, -0.2) is 22.0 Å². The first-order valence-corrected chi connectivity index (χ1v) is 7.24. The number of aryl methyl sites for hydroxylation is 1. The van der Waals surface area contributed by atoms with Crippen molar-refractivity contribution in [3.05, 3.63) is 28.7 Å². The fraction of sp³-hybridized carbons (Fsp3) is 0.571. The minimum absolute atomic E-state index is 0.114. The van der Waals surface area contributed by atoms with Crippen LogP contribution in [0.15, 0.2) is 23.1 Å². The molecule has 0 radical (unpaired) electrons. The standard InChI is InChI=1S/C14H18ClFN2O2/c1-2-18-8-10(4-6-13(18)19)17-14(20)9-3-5-11(15)12(16)7-9/h4,6,8-9,11-12H,2-3,5,7H2,1H3,(H,17,20). The van der Waals surface area contributed by atoms with E-state index in [1.807, 2.05) is 6.92 Å². The fourth-order valence-electron chi connectivity index (χ4n) is 2.41. The zero-order valence-corrected chi connectivity index (χ0v) is 12.1. The number of halogens is 2. The molecule has 0 aromatic carbocycles. The Labute approximate surface area is 121 Å². The molecular formula is C14H18ClFN2O2. The molecule has 1 heterocycles. The largest absolute Gasteiger partial charge is 0.325 e. The number of hydrogen-bond acceptors (Lipinski definition) is 2. The van der Waals surface area contributed by atoms with Gasteiger partial charge >= 0.3 is 0 Å². The highest BCUT2D eigenvalue weighted by Crippen LogP contribution is 2.30. The highest BCUT2D eigenvalue weighted by molar-refractivity contribution is 6.21. The van der Waals surface area contributed by atoms with Gasteiger partial charge in [-0.1, -0.05) is 0 Å². The monoisotopic (exact) mass is 300 g/mol. The van der Waals surface area contributed by atoms with Crippen LogP contribution in [0.3, 0.4) is 0 Å². The maximum atomic E-state index is 13.5. The molecule has 1 aromatic heterocycles. The van der Waals surface area contributed by atoms with E-state index in [9.17, 15) is 14.0 Å². The van der Waals surface area contributed by atoms with E-state index in [1.54, 1.807) is 12.3 Å². The van der Waals surface area contributed by atoms with Gasteiger partial charge in [-0.3, -0.25) is 9.59 Å². The molecule has 3 unspecified atom stereocenters. The molecule has 1 aliphatic carbocycles. The topological polar surface area (TPSA) is 51.1 Å². The van der Waals surface area contributed by atoms with Crippen LogP contribution < -0.4 is 10.9 Å². The number of carbonyl (C=O) groups is 1. The first-order chi connectivity index (χ1) is 9.51. The van der Waals surface area contributed by atoms with Crippen molar-refractivity contribution in [3.8, 4) is 0 Å². The molecule has 1 saturated carbocycles. The summed E-state index contributed by atoms with van der Waals surface area (Å²) in [6, 6.07) is 2.97.